The summed E-state index contributed by atoms with van der Waals surface area (Å²) in [4.78, 5) is 11.7. The Morgan fingerprint density at radius 2 is 2.15 bits per heavy atom. The van der Waals surface area contributed by atoms with E-state index < -0.39 is 6.10 Å². The normalized spacial score (nSPS) is 12.7. The molecular formula is C15H14N2O3. The van der Waals surface area contributed by atoms with Crippen molar-refractivity contribution >= 4 is 11.0 Å². The van der Waals surface area contributed by atoms with Gasteiger partial charge >= 0.3 is 0 Å². The van der Waals surface area contributed by atoms with E-state index in [9.17, 15) is 9.90 Å². The van der Waals surface area contributed by atoms with Gasteiger partial charge in [0.2, 0.25) is 0 Å². The van der Waals surface area contributed by atoms with Gasteiger partial charge in [0, 0.05) is 11.5 Å². The van der Waals surface area contributed by atoms with Gasteiger partial charge in [0.05, 0.1) is 12.7 Å². The molecule has 1 aromatic carbocycles. The second-order valence-electron chi connectivity index (χ2n) is 4.76. The molecule has 0 aliphatic carbocycles. The van der Waals surface area contributed by atoms with E-state index >= 15 is 0 Å². The highest BCUT2D eigenvalue weighted by Crippen LogP contribution is 2.24. The Morgan fingerprint density at radius 3 is 2.90 bits per heavy atom. The van der Waals surface area contributed by atoms with Gasteiger partial charge < -0.3 is 9.52 Å². The van der Waals surface area contributed by atoms with Gasteiger partial charge in [-0.15, -0.1) is 0 Å². The molecule has 0 radical (unpaired) electrons. The van der Waals surface area contributed by atoms with Crippen molar-refractivity contribution in [2.24, 2.45) is 0 Å². The third kappa shape index (κ3) is 2.35. The van der Waals surface area contributed by atoms with Crippen molar-refractivity contribution in [2.75, 3.05) is 0 Å². The van der Waals surface area contributed by atoms with Gasteiger partial charge in [-0.25, -0.2) is 4.68 Å². The highest BCUT2D eigenvalue weighted by Gasteiger charge is 2.15. The highest BCUT2D eigenvalue weighted by atomic mass is 16.4. The zero-order chi connectivity index (χ0) is 14.1. The van der Waals surface area contributed by atoms with E-state index in [1.807, 2.05) is 24.3 Å². The number of hydrogen-bond acceptors (Lipinski definition) is 4. The molecule has 3 aromatic rings. The van der Waals surface area contributed by atoms with Crippen molar-refractivity contribution in [1.29, 1.82) is 0 Å². The smallest absolute Gasteiger partial charge is 0.267 e. The Hall–Kier alpha value is -2.40. The Bertz CT molecular complexity index is 771. The second kappa shape index (κ2) is 4.94. The molecule has 102 valence electrons. The predicted molar refractivity (Wildman–Crippen MR) is 74.4 cm³/mol. The van der Waals surface area contributed by atoms with Crippen molar-refractivity contribution in [1.82, 2.24) is 9.78 Å². The standard InChI is InChI=1S/C15H14N2O3/c1-10-6-15(19)17(16-8-10)9-12(18)14-7-11-4-2-3-5-13(11)20-14/h2-8,12,18H,9H2,1H3. The van der Waals surface area contributed by atoms with Gasteiger partial charge in [-0.05, 0) is 24.6 Å². The first-order chi connectivity index (χ1) is 9.63. The lowest BCUT2D eigenvalue weighted by atomic mass is 10.2. The van der Waals surface area contributed by atoms with Gasteiger partial charge in [-0.3, -0.25) is 4.79 Å². The van der Waals surface area contributed by atoms with Crippen LogP contribution >= 0.6 is 0 Å². The second-order valence-corrected chi connectivity index (χ2v) is 4.76. The fraction of sp³-hybridized carbons (Fsp3) is 0.200. The van der Waals surface area contributed by atoms with E-state index in [2.05, 4.69) is 5.10 Å². The summed E-state index contributed by atoms with van der Waals surface area (Å²) in [6.45, 7) is 1.87. The fourth-order valence-corrected chi connectivity index (χ4v) is 2.08. The molecule has 1 unspecified atom stereocenters. The van der Waals surface area contributed by atoms with Crippen LogP contribution in [0.4, 0.5) is 0 Å². The topological polar surface area (TPSA) is 68.3 Å². The number of rotatable bonds is 3. The van der Waals surface area contributed by atoms with Gasteiger partial charge in [-0.1, -0.05) is 18.2 Å². The Labute approximate surface area is 115 Å². The van der Waals surface area contributed by atoms with E-state index in [0.717, 1.165) is 10.9 Å². The van der Waals surface area contributed by atoms with E-state index in [4.69, 9.17) is 4.42 Å². The largest absolute Gasteiger partial charge is 0.458 e. The van der Waals surface area contributed by atoms with Gasteiger partial charge in [0.15, 0.2) is 0 Å². The van der Waals surface area contributed by atoms with Crippen LogP contribution in [0.5, 0.6) is 0 Å². The Kier molecular flexibility index (Phi) is 3.12. The molecule has 2 aromatic heterocycles. The number of fused-ring (bicyclic) bond motifs is 1. The molecule has 2 heterocycles. The monoisotopic (exact) mass is 270 g/mol. The molecule has 1 N–H and O–H groups in total. The number of benzene rings is 1. The molecule has 0 bridgehead atoms. The lowest BCUT2D eigenvalue weighted by Gasteiger charge is -2.09. The summed E-state index contributed by atoms with van der Waals surface area (Å²) in [5.41, 5.74) is 1.27. The molecule has 0 saturated carbocycles. The summed E-state index contributed by atoms with van der Waals surface area (Å²) in [5.74, 6) is 0.431. The molecule has 0 saturated heterocycles. The first-order valence-electron chi connectivity index (χ1n) is 6.34. The van der Waals surface area contributed by atoms with Crippen LogP contribution in [-0.2, 0) is 6.54 Å². The van der Waals surface area contributed by atoms with Crippen molar-refractivity contribution in [3.05, 3.63) is 64.3 Å². The summed E-state index contributed by atoms with van der Waals surface area (Å²) >= 11 is 0. The number of furan rings is 1. The summed E-state index contributed by atoms with van der Waals surface area (Å²) in [5, 5.41) is 15.1. The minimum atomic E-state index is -0.907. The zero-order valence-electron chi connectivity index (χ0n) is 11.0. The molecule has 5 heteroatoms. The van der Waals surface area contributed by atoms with Gasteiger partial charge in [-0.2, -0.15) is 5.10 Å². The number of para-hydroxylation sites is 1. The molecule has 0 amide bonds. The molecule has 5 nitrogen and oxygen atoms in total. The summed E-state index contributed by atoms with van der Waals surface area (Å²) in [6.07, 6.45) is 0.683. The third-order valence-corrected chi connectivity index (χ3v) is 3.13. The molecule has 0 aliphatic rings. The summed E-state index contributed by atoms with van der Waals surface area (Å²) in [6, 6.07) is 10.8. The minimum Gasteiger partial charge on any atom is -0.458 e. The molecule has 1 atom stereocenters. The summed E-state index contributed by atoms with van der Waals surface area (Å²) in [7, 11) is 0. The van der Waals surface area contributed by atoms with Crippen LogP contribution in [0, 0.1) is 6.92 Å². The first-order valence-corrected chi connectivity index (χ1v) is 6.34. The number of hydrogen-bond donors (Lipinski definition) is 1. The van der Waals surface area contributed by atoms with Crippen LogP contribution in [0.2, 0.25) is 0 Å². The molecule has 3 rings (SSSR count). The van der Waals surface area contributed by atoms with Crippen LogP contribution in [0.15, 0.2) is 51.8 Å². The van der Waals surface area contributed by atoms with Gasteiger partial charge in [0.1, 0.15) is 17.4 Å². The Balaban J connectivity index is 1.88. The van der Waals surface area contributed by atoms with Crippen LogP contribution in [-0.4, -0.2) is 14.9 Å². The van der Waals surface area contributed by atoms with Crippen LogP contribution in [0.3, 0.4) is 0 Å². The van der Waals surface area contributed by atoms with Crippen LogP contribution in [0.1, 0.15) is 17.4 Å². The Morgan fingerprint density at radius 1 is 1.35 bits per heavy atom. The maximum atomic E-state index is 11.7. The highest BCUT2D eigenvalue weighted by molar-refractivity contribution is 5.77. The van der Waals surface area contributed by atoms with Crippen LogP contribution in [0.25, 0.3) is 11.0 Å². The average Bonchev–Trinajstić information content (AvgIpc) is 2.86. The van der Waals surface area contributed by atoms with E-state index in [1.165, 1.54) is 10.7 Å². The predicted octanol–water partition coefficient (Wildman–Crippen LogP) is 2.03. The summed E-state index contributed by atoms with van der Waals surface area (Å²) < 4.78 is 6.80. The number of aromatic nitrogens is 2. The number of aryl methyl sites for hydroxylation is 1. The first kappa shape index (κ1) is 12.6. The fourth-order valence-electron chi connectivity index (χ4n) is 2.08. The lowest BCUT2D eigenvalue weighted by molar-refractivity contribution is 0.126. The van der Waals surface area contributed by atoms with E-state index in [1.54, 1.807) is 19.2 Å². The molecule has 0 fully saturated rings. The van der Waals surface area contributed by atoms with Gasteiger partial charge in [0.25, 0.3) is 5.56 Å². The zero-order valence-corrected chi connectivity index (χ0v) is 11.0. The molecule has 0 aliphatic heterocycles. The molecular weight excluding hydrogens is 256 g/mol. The number of aliphatic hydroxyl groups is 1. The maximum absolute atomic E-state index is 11.7. The third-order valence-electron chi connectivity index (χ3n) is 3.13. The number of nitrogens with zero attached hydrogens (tertiary/aromatic N) is 2. The number of aliphatic hydroxyl groups excluding tert-OH is 1. The van der Waals surface area contributed by atoms with E-state index in [0.29, 0.717) is 11.3 Å². The maximum Gasteiger partial charge on any atom is 0.267 e. The van der Waals surface area contributed by atoms with Crippen molar-refractivity contribution in [3.63, 3.8) is 0 Å². The molecule has 20 heavy (non-hydrogen) atoms. The van der Waals surface area contributed by atoms with E-state index in [-0.39, 0.29) is 12.1 Å². The molecule has 0 spiro atoms. The van der Waals surface area contributed by atoms with Crippen LogP contribution < -0.4 is 5.56 Å². The lowest BCUT2D eigenvalue weighted by Crippen LogP contribution is -2.25. The minimum absolute atomic E-state index is 0.0684. The van der Waals surface area contributed by atoms with Crippen molar-refractivity contribution in [2.45, 2.75) is 19.6 Å². The average molecular weight is 270 g/mol. The quantitative estimate of drug-likeness (QED) is 0.790. The SMILES string of the molecule is Cc1cnn(CC(O)c2cc3ccccc3o2)c(=O)c1. The van der Waals surface area contributed by atoms with Crippen molar-refractivity contribution < 1.29 is 9.52 Å². The van der Waals surface area contributed by atoms with Crippen molar-refractivity contribution in [3.8, 4) is 0 Å².